The van der Waals surface area contributed by atoms with Crippen LogP contribution in [0.4, 0.5) is 18.9 Å². The summed E-state index contributed by atoms with van der Waals surface area (Å²) >= 11 is 5.88. The minimum Gasteiger partial charge on any atom is -0.493 e. The third kappa shape index (κ3) is 3.57. The number of carbonyl (C=O) groups is 1. The lowest BCUT2D eigenvalue weighted by Gasteiger charge is -2.12. The van der Waals surface area contributed by atoms with Gasteiger partial charge in [0.15, 0.2) is 0 Å². The Hall–Kier alpha value is -2.80. The van der Waals surface area contributed by atoms with Gasteiger partial charge >= 0.3 is 6.18 Å². The maximum absolute atomic E-state index is 12.8. The number of aryl methyl sites for hydroxylation is 1. The summed E-state index contributed by atoms with van der Waals surface area (Å²) in [6.45, 7) is 1.76. The maximum atomic E-state index is 12.8. The van der Waals surface area contributed by atoms with E-state index in [4.69, 9.17) is 11.6 Å². The standard InChI is InChI=1S/C18H12ClF3N2O2/c1-9-6-16(25)24-15-5-3-11(8-12(9)15)23-17(26)13-7-10(18(20,21)22)2-4-14(13)19/h2-8H,1H3,(H,23,26)(H,24,25). The fraction of sp³-hybridized carbons (Fsp3) is 0.111. The first-order valence-electron chi connectivity index (χ1n) is 7.43. The van der Waals surface area contributed by atoms with Crippen molar-refractivity contribution >= 4 is 34.1 Å². The minimum atomic E-state index is -4.58. The van der Waals surface area contributed by atoms with E-state index in [0.29, 0.717) is 22.7 Å². The molecular weight excluding hydrogens is 369 g/mol. The fourth-order valence-corrected chi connectivity index (χ4v) is 2.73. The van der Waals surface area contributed by atoms with Crippen molar-refractivity contribution in [3.63, 3.8) is 0 Å². The summed E-state index contributed by atoms with van der Waals surface area (Å²) in [5.74, 6) is -0.882. The molecule has 1 aromatic heterocycles. The summed E-state index contributed by atoms with van der Waals surface area (Å²) in [4.78, 5) is 16.3. The van der Waals surface area contributed by atoms with Gasteiger partial charge in [0.2, 0.25) is 5.88 Å². The number of nitrogens with zero attached hydrogens (tertiary/aromatic N) is 1. The highest BCUT2D eigenvalue weighted by molar-refractivity contribution is 6.34. The van der Waals surface area contributed by atoms with Crippen molar-refractivity contribution in [1.82, 2.24) is 4.98 Å². The van der Waals surface area contributed by atoms with Gasteiger partial charge in [0, 0.05) is 17.1 Å². The maximum Gasteiger partial charge on any atom is 0.416 e. The van der Waals surface area contributed by atoms with Gasteiger partial charge < -0.3 is 10.4 Å². The summed E-state index contributed by atoms with van der Waals surface area (Å²) in [6, 6.07) is 8.78. The van der Waals surface area contributed by atoms with Gasteiger partial charge in [-0.2, -0.15) is 13.2 Å². The van der Waals surface area contributed by atoms with Crippen molar-refractivity contribution in [2.45, 2.75) is 13.1 Å². The summed E-state index contributed by atoms with van der Waals surface area (Å²) < 4.78 is 38.5. The summed E-state index contributed by atoms with van der Waals surface area (Å²) in [7, 11) is 0. The lowest BCUT2D eigenvalue weighted by Crippen LogP contribution is -2.14. The smallest absolute Gasteiger partial charge is 0.416 e. The average molecular weight is 381 g/mol. The number of rotatable bonds is 2. The number of carbonyl (C=O) groups excluding carboxylic acids is 1. The molecular formula is C18H12ClF3N2O2. The fourth-order valence-electron chi connectivity index (χ4n) is 2.53. The molecule has 0 saturated carbocycles. The summed E-state index contributed by atoms with van der Waals surface area (Å²) in [5.41, 5.74) is 0.396. The first-order valence-corrected chi connectivity index (χ1v) is 7.81. The molecule has 8 heteroatoms. The summed E-state index contributed by atoms with van der Waals surface area (Å²) in [5, 5.41) is 12.6. The number of fused-ring (bicyclic) bond motifs is 1. The molecule has 1 amide bonds. The number of hydrogen-bond acceptors (Lipinski definition) is 3. The van der Waals surface area contributed by atoms with Gasteiger partial charge in [0.25, 0.3) is 5.91 Å². The Morgan fingerprint density at radius 2 is 1.88 bits per heavy atom. The topological polar surface area (TPSA) is 62.2 Å². The molecule has 4 nitrogen and oxygen atoms in total. The number of nitrogens with one attached hydrogen (secondary N) is 1. The molecule has 0 spiro atoms. The second kappa shape index (κ2) is 6.49. The molecule has 134 valence electrons. The number of aromatic hydroxyl groups is 1. The Morgan fingerprint density at radius 1 is 1.15 bits per heavy atom. The number of alkyl halides is 3. The monoisotopic (exact) mass is 380 g/mol. The van der Waals surface area contributed by atoms with Gasteiger partial charge in [0.05, 0.1) is 21.7 Å². The van der Waals surface area contributed by atoms with Crippen LogP contribution in [-0.2, 0) is 6.18 Å². The highest BCUT2D eigenvalue weighted by atomic mass is 35.5. The number of halogens is 4. The van der Waals surface area contributed by atoms with Crippen LogP contribution in [0.3, 0.4) is 0 Å². The Bertz CT molecular complexity index is 1020. The van der Waals surface area contributed by atoms with Crippen molar-refractivity contribution in [2.24, 2.45) is 0 Å². The van der Waals surface area contributed by atoms with Gasteiger partial charge in [0.1, 0.15) is 0 Å². The second-order valence-corrected chi connectivity index (χ2v) is 6.08. The Balaban J connectivity index is 1.94. The van der Waals surface area contributed by atoms with Crippen LogP contribution in [-0.4, -0.2) is 16.0 Å². The zero-order valence-corrected chi connectivity index (χ0v) is 14.1. The van der Waals surface area contributed by atoms with Crippen molar-refractivity contribution < 1.29 is 23.1 Å². The molecule has 0 bridgehead atoms. The van der Waals surface area contributed by atoms with Crippen LogP contribution >= 0.6 is 11.6 Å². The van der Waals surface area contributed by atoms with Crippen molar-refractivity contribution in [3.8, 4) is 5.88 Å². The third-order valence-electron chi connectivity index (χ3n) is 3.80. The molecule has 26 heavy (non-hydrogen) atoms. The first-order chi connectivity index (χ1) is 12.1. The molecule has 0 fully saturated rings. The van der Waals surface area contributed by atoms with E-state index in [1.807, 2.05) is 0 Å². The van der Waals surface area contributed by atoms with E-state index >= 15 is 0 Å². The third-order valence-corrected chi connectivity index (χ3v) is 4.13. The predicted octanol–water partition coefficient (Wildman–Crippen LogP) is 5.17. The number of amides is 1. The largest absolute Gasteiger partial charge is 0.493 e. The lowest BCUT2D eigenvalue weighted by molar-refractivity contribution is -0.137. The van der Waals surface area contributed by atoms with Crippen LogP contribution in [0.2, 0.25) is 5.02 Å². The number of hydrogen-bond donors (Lipinski definition) is 2. The Morgan fingerprint density at radius 3 is 2.58 bits per heavy atom. The molecule has 2 aromatic carbocycles. The van der Waals surface area contributed by atoms with E-state index in [0.717, 1.165) is 17.7 Å². The molecule has 0 aliphatic heterocycles. The molecule has 0 atom stereocenters. The molecule has 0 radical (unpaired) electrons. The Kier molecular flexibility index (Phi) is 4.50. The second-order valence-electron chi connectivity index (χ2n) is 5.68. The SMILES string of the molecule is Cc1cc(O)nc2ccc(NC(=O)c3cc(C(F)(F)F)ccc3Cl)cc12. The normalized spacial score (nSPS) is 11.6. The highest BCUT2D eigenvalue weighted by Gasteiger charge is 2.31. The van der Waals surface area contributed by atoms with Gasteiger partial charge in [-0.1, -0.05) is 11.6 Å². The number of pyridine rings is 1. The van der Waals surface area contributed by atoms with Crippen molar-refractivity contribution in [3.05, 3.63) is 64.2 Å². The molecule has 3 aromatic rings. The molecule has 1 heterocycles. The van der Waals surface area contributed by atoms with Gasteiger partial charge in [-0.25, -0.2) is 4.98 Å². The van der Waals surface area contributed by atoms with Gasteiger partial charge in [-0.05, 0) is 48.9 Å². The van der Waals surface area contributed by atoms with Gasteiger partial charge in [-0.3, -0.25) is 4.79 Å². The predicted molar refractivity (Wildman–Crippen MR) is 92.6 cm³/mol. The van der Waals surface area contributed by atoms with Crippen LogP contribution in [0.25, 0.3) is 10.9 Å². The summed E-state index contributed by atoms with van der Waals surface area (Å²) in [6.07, 6.45) is -4.58. The highest BCUT2D eigenvalue weighted by Crippen LogP contribution is 2.32. The van der Waals surface area contributed by atoms with E-state index in [1.165, 1.54) is 12.1 Å². The number of benzene rings is 2. The van der Waals surface area contributed by atoms with Crippen molar-refractivity contribution in [1.29, 1.82) is 0 Å². The quantitative estimate of drug-likeness (QED) is 0.644. The van der Waals surface area contributed by atoms with E-state index in [9.17, 15) is 23.1 Å². The zero-order chi connectivity index (χ0) is 19.1. The lowest BCUT2D eigenvalue weighted by atomic mass is 10.1. The van der Waals surface area contributed by atoms with E-state index in [2.05, 4.69) is 10.3 Å². The van der Waals surface area contributed by atoms with E-state index < -0.39 is 17.6 Å². The molecule has 0 saturated heterocycles. The van der Waals surface area contributed by atoms with Crippen molar-refractivity contribution in [2.75, 3.05) is 5.32 Å². The molecule has 2 N–H and O–H groups in total. The molecule has 0 aliphatic carbocycles. The van der Waals surface area contributed by atoms with Crippen LogP contribution in [0.5, 0.6) is 5.88 Å². The van der Waals surface area contributed by atoms with Crippen LogP contribution in [0.15, 0.2) is 42.5 Å². The number of anilines is 1. The van der Waals surface area contributed by atoms with Crippen LogP contribution in [0, 0.1) is 6.92 Å². The molecule has 0 aliphatic rings. The van der Waals surface area contributed by atoms with Gasteiger partial charge in [-0.15, -0.1) is 0 Å². The molecule has 3 rings (SSSR count). The minimum absolute atomic E-state index is 0.0842. The van der Waals surface area contributed by atoms with E-state index in [1.54, 1.807) is 19.1 Å². The first kappa shape index (κ1) is 18.0. The van der Waals surface area contributed by atoms with Crippen LogP contribution < -0.4 is 5.32 Å². The zero-order valence-electron chi connectivity index (χ0n) is 13.4. The van der Waals surface area contributed by atoms with Crippen LogP contribution in [0.1, 0.15) is 21.5 Å². The average Bonchev–Trinajstić information content (AvgIpc) is 2.54. The Labute approximate surface area is 151 Å². The molecule has 0 unspecified atom stereocenters. The van der Waals surface area contributed by atoms with E-state index in [-0.39, 0.29) is 16.5 Å². The number of aromatic nitrogens is 1.